The van der Waals surface area contributed by atoms with Crippen molar-refractivity contribution < 1.29 is 4.31 Å². The van der Waals surface area contributed by atoms with E-state index in [1.807, 2.05) is 0 Å². The predicted octanol–water partition coefficient (Wildman–Crippen LogP) is -0.100. The molecule has 0 bridgehead atoms. The van der Waals surface area contributed by atoms with Gasteiger partial charge in [-0.05, 0) is 19.3 Å². The molecule has 0 aromatic heterocycles. The smallest absolute Gasteiger partial charge is 0.0874 e. The number of piperidine rings is 1. The number of hydrogen-bond donors (Lipinski definition) is 2. The van der Waals surface area contributed by atoms with Crippen LogP contribution in [0.15, 0.2) is 0 Å². The molecule has 42 valence electrons. The van der Waals surface area contributed by atoms with Crippen LogP contribution in [0, 0.1) is 0 Å². The van der Waals surface area contributed by atoms with Gasteiger partial charge in [0.05, 0.1) is 25.9 Å². The molecule has 0 aromatic rings. The van der Waals surface area contributed by atoms with Gasteiger partial charge in [0.15, 0.2) is 0 Å². The van der Waals surface area contributed by atoms with Crippen molar-refractivity contribution in [3.05, 3.63) is 0 Å². The third kappa shape index (κ3) is 1.70. The zero-order valence-corrected chi connectivity index (χ0v) is 5.38. The second-order valence-corrected chi connectivity index (χ2v) is 2.76. The molecule has 0 aliphatic carbocycles. The van der Waals surface area contributed by atoms with Crippen molar-refractivity contribution >= 4 is 12.8 Å². The topological polar surface area (TPSA) is 4.44 Å². The van der Waals surface area contributed by atoms with Crippen LogP contribution in [-0.4, -0.2) is 13.1 Å². The van der Waals surface area contributed by atoms with E-state index in [9.17, 15) is 0 Å². The molecule has 1 aliphatic rings. The van der Waals surface area contributed by atoms with Crippen LogP contribution >= 0.6 is 12.8 Å². The van der Waals surface area contributed by atoms with Crippen molar-refractivity contribution in [3.8, 4) is 0 Å². The summed E-state index contributed by atoms with van der Waals surface area (Å²) in [6.07, 6.45) is 4.17. The molecule has 1 nitrogen and oxygen atoms in total. The fourth-order valence-electron chi connectivity index (χ4n) is 0.960. The van der Waals surface area contributed by atoms with Crippen molar-refractivity contribution in [2.24, 2.45) is 0 Å². The van der Waals surface area contributed by atoms with Gasteiger partial charge in [0, 0.05) is 0 Å². The van der Waals surface area contributed by atoms with Gasteiger partial charge >= 0.3 is 0 Å². The van der Waals surface area contributed by atoms with Crippen LogP contribution in [0.2, 0.25) is 0 Å². The summed E-state index contributed by atoms with van der Waals surface area (Å²) in [6.45, 7) is 2.53. The first-order chi connectivity index (χ1) is 3.39. The molecule has 0 unspecified atom stereocenters. The summed E-state index contributed by atoms with van der Waals surface area (Å²) >= 11 is 4.28. The van der Waals surface area contributed by atoms with Gasteiger partial charge in [-0.1, -0.05) is 0 Å². The molecule has 1 heterocycles. The fourth-order valence-corrected chi connectivity index (χ4v) is 1.28. The van der Waals surface area contributed by atoms with E-state index in [1.54, 1.807) is 0 Å². The number of nitrogens with one attached hydrogen (secondary N) is 1. The molecule has 1 saturated heterocycles. The summed E-state index contributed by atoms with van der Waals surface area (Å²) in [6, 6.07) is 0. The minimum absolute atomic E-state index is 1.27. The first-order valence-electron chi connectivity index (χ1n) is 2.93. The lowest BCUT2D eigenvalue weighted by atomic mass is 10.2. The molecule has 0 amide bonds. The molecule has 1 fully saturated rings. The lowest BCUT2D eigenvalue weighted by Crippen LogP contribution is -3.04. The summed E-state index contributed by atoms with van der Waals surface area (Å²) in [5.41, 5.74) is 0. The Labute approximate surface area is 50.2 Å². The predicted molar refractivity (Wildman–Crippen MR) is 33.5 cm³/mol. The number of quaternary nitrogens is 1. The molecular formula is C5H12NS+. The van der Waals surface area contributed by atoms with Crippen LogP contribution in [0.3, 0.4) is 0 Å². The highest BCUT2D eigenvalue weighted by Gasteiger charge is 2.07. The average Bonchev–Trinajstić information content (AvgIpc) is 1.69. The summed E-state index contributed by atoms with van der Waals surface area (Å²) < 4.78 is 1.41. The molecule has 0 radical (unpaired) electrons. The van der Waals surface area contributed by atoms with Gasteiger partial charge in [0.25, 0.3) is 0 Å². The highest BCUT2D eigenvalue weighted by Crippen LogP contribution is 1.94. The Hall–Kier alpha value is 0.310. The fraction of sp³-hybridized carbons (Fsp3) is 1.00. The van der Waals surface area contributed by atoms with Gasteiger partial charge in [0.1, 0.15) is 0 Å². The quantitative estimate of drug-likeness (QED) is 0.409. The summed E-state index contributed by atoms with van der Waals surface area (Å²) in [5, 5.41) is 0. The third-order valence-electron chi connectivity index (χ3n) is 1.43. The van der Waals surface area contributed by atoms with Gasteiger partial charge in [-0.2, -0.15) is 0 Å². The van der Waals surface area contributed by atoms with E-state index in [-0.39, 0.29) is 0 Å². The highest BCUT2D eigenvalue weighted by molar-refractivity contribution is 7.73. The van der Waals surface area contributed by atoms with E-state index in [1.165, 1.54) is 36.7 Å². The van der Waals surface area contributed by atoms with Crippen molar-refractivity contribution in [1.29, 1.82) is 0 Å². The molecule has 1 N–H and O–H groups in total. The van der Waals surface area contributed by atoms with E-state index in [0.717, 1.165) is 0 Å². The maximum atomic E-state index is 4.28. The second-order valence-electron chi connectivity index (χ2n) is 2.13. The molecule has 0 saturated carbocycles. The van der Waals surface area contributed by atoms with Crippen LogP contribution in [0.25, 0.3) is 0 Å². The SMILES string of the molecule is S[NH+]1CCCCC1. The van der Waals surface area contributed by atoms with E-state index in [4.69, 9.17) is 0 Å². The maximum absolute atomic E-state index is 4.28. The Morgan fingerprint density at radius 3 is 1.86 bits per heavy atom. The molecule has 0 atom stereocenters. The molecule has 1 rings (SSSR count). The molecule has 1 aliphatic heterocycles. The number of thiol groups is 1. The molecule has 0 spiro atoms. The van der Waals surface area contributed by atoms with Crippen molar-refractivity contribution in [1.82, 2.24) is 0 Å². The zero-order chi connectivity index (χ0) is 5.11. The van der Waals surface area contributed by atoms with Gasteiger partial charge in [-0.3, -0.25) is 4.31 Å². The third-order valence-corrected chi connectivity index (χ3v) is 1.88. The van der Waals surface area contributed by atoms with Crippen LogP contribution in [0.5, 0.6) is 0 Å². The Kier molecular flexibility index (Phi) is 2.00. The lowest BCUT2D eigenvalue weighted by Gasteiger charge is -2.15. The van der Waals surface area contributed by atoms with Crippen molar-refractivity contribution in [2.45, 2.75) is 19.3 Å². The van der Waals surface area contributed by atoms with E-state index < -0.39 is 0 Å². The first kappa shape index (κ1) is 5.45. The Balaban J connectivity index is 2.12. The number of rotatable bonds is 0. The van der Waals surface area contributed by atoms with Crippen LogP contribution in [0.4, 0.5) is 0 Å². The van der Waals surface area contributed by atoms with Gasteiger partial charge in [-0.25, -0.2) is 0 Å². The van der Waals surface area contributed by atoms with Crippen LogP contribution in [0.1, 0.15) is 19.3 Å². The van der Waals surface area contributed by atoms with Crippen molar-refractivity contribution in [3.63, 3.8) is 0 Å². The first-order valence-corrected chi connectivity index (χ1v) is 3.38. The van der Waals surface area contributed by atoms with Gasteiger partial charge < -0.3 is 0 Å². The molecular weight excluding hydrogens is 106 g/mol. The van der Waals surface area contributed by atoms with Crippen LogP contribution in [-0.2, 0) is 0 Å². The lowest BCUT2D eigenvalue weighted by molar-refractivity contribution is -0.758. The molecule has 7 heavy (non-hydrogen) atoms. The zero-order valence-electron chi connectivity index (χ0n) is 4.48. The molecule has 0 aromatic carbocycles. The van der Waals surface area contributed by atoms with Crippen molar-refractivity contribution in [2.75, 3.05) is 13.1 Å². The summed E-state index contributed by atoms with van der Waals surface area (Å²) in [7, 11) is 0. The minimum atomic E-state index is 1.27. The highest BCUT2D eigenvalue weighted by atomic mass is 32.1. The normalized spacial score (nSPS) is 25.3. The summed E-state index contributed by atoms with van der Waals surface area (Å²) in [5.74, 6) is 0. The van der Waals surface area contributed by atoms with E-state index in [0.29, 0.717) is 0 Å². The summed E-state index contributed by atoms with van der Waals surface area (Å²) in [4.78, 5) is 0. The number of hydrogen-bond acceptors (Lipinski definition) is 1. The monoisotopic (exact) mass is 118 g/mol. The van der Waals surface area contributed by atoms with Crippen LogP contribution < -0.4 is 4.31 Å². The standard InChI is InChI=1S/C5H11NS/c7-6-4-2-1-3-5-6/h7H,1-5H2/p+1. The van der Waals surface area contributed by atoms with E-state index >= 15 is 0 Å². The average molecular weight is 118 g/mol. The Morgan fingerprint density at radius 2 is 1.57 bits per heavy atom. The van der Waals surface area contributed by atoms with Gasteiger partial charge in [0.2, 0.25) is 0 Å². The minimum Gasteiger partial charge on any atom is -0.276 e. The van der Waals surface area contributed by atoms with Gasteiger partial charge in [-0.15, -0.1) is 0 Å². The maximum Gasteiger partial charge on any atom is 0.0874 e. The second kappa shape index (κ2) is 2.58. The largest absolute Gasteiger partial charge is 0.276 e. The Morgan fingerprint density at radius 1 is 1.00 bits per heavy atom. The molecule has 2 heteroatoms. The van der Waals surface area contributed by atoms with E-state index in [2.05, 4.69) is 12.8 Å². The Bertz CT molecular complexity index is 50.0.